The first-order valence-corrected chi connectivity index (χ1v) is 6.39. The van der Waals surface area contributed by atoms with E-state index < -0.39 is 0 Å². The quantitative estimate of drug-likeness (QED) is 0.865. The molecule has 20 heavy (non-hydrogen) atoms. The number of aryl methyl sites for hydroxylation is 1. The minimum atomic E-state index is -0.251. The second kappa shape index (κ2) is 5.88. The van der Waals surface area contributed by atoms with Crippen LogP contribution in [0.3, 0.4) is 0 Å². The Morgan fingerprint density at radius 2 is 2.10 bits per heavy atom. The van der Waals surface area contributed by atoms with Gasteiger partial charge in [0.2, 0.25) is 0 Å². The Bertz CT molecular complexity index is 697. The van der Waals surface area contributed by atoms with Crippen molar-refractivity contribution in [1.29, 1.82) is 0 Å². The number of hydrogen-bond acceptors (Lipinski definition) is 3. The van der Waals surface area contributed by atoms with Gasteiger partial charge in [0, 0.05) is 31.7 Å². The molecule has 0 unspecified atom stereocenters. The molecule has 0 aliphatic carbocycles. The fraction of sp³-hybridized carbons (Fsp3) is 0.214. The van der Waals surface area contributed by atoms with E-state index in [1.54, 1.807) is 19.2 Å². The summed E-state index contributed by atoms with van der Waals surface area (Å²) in [7, 11) is 3.19. The second-order valence-electron chi connectivity index (χ2n) is 4.47. The summed E-state index contributed by atoms with van der Waals surface area (Å²) in [4.78, 5) is 25.0. The summed E-state index contributed by atoms with van der Waals surface area (Å²) in [6.45, 7) is 0.421. The normalized spacial score (nSPS) is 10.3. The zero-order chi connectivity index (χ0) is 14.7. The van der Waals surface area contributed by atoms with Gasteiger partial charge in [0.1, 0.15) is 5.69 Å². The van der Waals surface area contributed by atoms with Gasteiger partial charge in [-0.2, -0.15) is 5.10 Å². The molecule has 1 amide bonds. The highest BCUT2D eigenvalue weighted by molar-refractivity contribution is 6.30. The van der Waals surface area contributed by atoms with Crippen molar-refractivity contribution in [3.8, 4) is 0 Å². The number of hydrogen-bond donors (Lipinski definition) is 0. The van der Waals surface area contributed by atoms with E-state index in [0.29, 0.717) is 11.6 Å². The zero-order valence-electron chi connectivity index (χ0n) is 11.2. The average Bonchev–Trinajstić information content (AvgIpc) is 2.41. The third kappa shape index (κ3) is 3.24. The number of rotatable bonds is 3. The number of nitrogens with zero attached hydrogens (tertiary/aromatic N) is 3. The SMILES string of the molecule is CN(Cc1cccc(Cl)c1)C(=O)c1ccc(=O)n(C)n1. The lowest BCUT2D eigenvalue weighted by atomic mass is 10.2. The lowest BCUT2D eigenvalue weighted by Gasteiger charge is -2.17. The van der Waals surface area contributed by atoms with Crippen molar-refractivity contribution in [1.82, 2.24) is 14.7 Å². The second-order valence-corrected chi connectivity index (χ2v) is 4.91. The molecular weight excluding hydrogens is 278 g/mol. The molecule has 0 spiro atoms. The van der Waals surface area contributed by atoms with Gasteiger partial charge in [-0.25, -0.2) is 4.68 Å². The van der Waals surface area contributed by atoms with Crippen molar-refractivity contribution in [3.63, 3.8) is 0 Å². The summed E-state index contributed by atoms with van der Waals surface area (Å²) in [5, 5.41) is 4.57. The van der Waals surface area contributed by atoms with Crippen LogP contribution in [0.15, 0.2) is 41.2 Å². The molecule has 0 fully saturated rings. The Morgan fingerprint density at radius 1 is 1.35 bits per heavy atom. The third-order valence-electron chi connectivity index (χ3n) is 2.84. The number of amides is 1. The summed E-state index contributed by atoms with van der Waals surface area (Å²) in [5.41, 5.74) is 0.911. The lowest BCUT2D eigenvalue weighted by molar-refractivity contribution is 0.0776. The lowest BCUT2D eigenvalue weighted by Crippen LogP contribution is -2.30. The van der Waals surface area contributed by atoms with E-state index in [0.717, 1.165) is 10.2 Å². The van der Waals surface area contributed by atoms with Gasteiger partial charge in [-0.1, -0.05) is 23.7 Å². The summed E-state index contributed by atoms with van der Waals surface area (Å²) >= 11 is 5.91. The molecule has 0 bridgehead atoms. The molecule has 1 aromatic carbocycles. The molecule has 5 nitrogen and oxygen atoms in total. The first-order valence-electron chi connectivity index (χ1n) is 6.01. The molecule has 2 aromatic rings. The van der Waals surface area contributed by atoms with Crippen molar-refractivity contribution in [2.45, 2.75) is 6.54 Å². The Balaban J connectivity index is 2.16. The highest BCUT2D eigenvalue weighted by Crippen LogP contribution is 2.12. The van der Waals surface area contributed by atoms with Crippen LogP contribution in [-0.2, 0) is 13.6 Å². The van der Waals surface area contributed by atoms with Gasteiger partial charge in [-0.15, -0.1) is 0 Å². The first-order chi connectivity index (χ1) is 9.47. The molecule has 1 heterocycles. The van der Waals surface area contributed by atoms with Crippen LogP contribution in [0.1, 0.15) is 16.1 Å². The van der Waals surface area contributed by atoms with Crippen LogP contribution in [0.5, 0.6) is 0 Å². The molecule has 0 saturated heterocycles. The van der Waals surface area contributed by atoms with Crippen molar-refractivity contribution in [3.05, 3.63) is 63.0 Å². The Labute approximate surface area is 121 Å². The van der Waals surface area contributed by atoms with Gasteiger partial charge < -0.3 is 4.90 Å². The molecule has 0 N–H and O–H groups in total. The molecule has 0 aliphatic rings. The third-order valence-corrected chi connectivity index (χ3v) is 3.07. The molecule has 104 valence electrons. The van der Waals surface area contributed by atoms with E-state index in [-0.39, 0.29) is 17.2 Å². The molecular formula is C14H14ClN3O2. The summed E-state index contributed by atoms with van der Waals surface area (Å²) in [6.07, 6.45) is 0. The maximum absolute atomic E-state index is 12.2. The van der Waals surface area contributed by atoms with E-state index in [4.69, 9.17) is 11.6 Å². The number of aromatic nitrogens is 2. The van der Waals surface area contributed by atoms with Crippen LogP contribution >= 0.6 is 11.6 Å². The molecule has 0 saturated carbocycles. The Hall–Kier alpha value is -2.14. The standard InChI is InChI=1S/C14H14ClN3O2/c1-17(9-10-4-3-5-11(15)8-10)14(20)12-6-7-13(19)18(2)16-12/h3-8H,9H2,1-2H3. The number of carbonyl (C=O) groups excluding carboxylic acids is 1. The van der Waals surface area contributed by atoms with E-state index in [2.05, 4.69) is 5.10 Å². The van der Waals surface area contributed by atoms with Crippen molar-refractivity contribution >= 4 is 17.5 Å². The monoisotopic (exact) mass is 291 g/mol. The Kier molecular flexibility index (Phi) is 4.20. The minimum absolute atomic E-state index is 0.233. The van der Waals surface area contributed by atoms with Crippen LogP contribution in [0, 0.1) is 0 Å². The fourth-order valence-corrected chi connectivity index (χ4v) is 2.01. The van der Waals surface area contributed by atoms with Crippen LogP contribution in [-0.4, -0.2) is 27.6 Å². The maximum atomic E-state index is 12.2. The van der Waals surface area contributed by atoms with Gasteiger partial charge in [-0.3, -0.25) is 9.59 Å². The van der Waals surface area contributed by atoms with Crippen LogP contribution in [0.4, 0.5) is 0 Å². The van der Waals surface area contributed by atoms with Gasteiger partial charge in [0.05, 0.1) is 0 Å². The maximum Gasteiger partial charge on any atom is 0.274 e. The van der Waals surface area contributed by atoms with Crippen LogP contribution in [0.2, 0.25) is 5.02 Å². The molecule has 2 rings (SSSR count). The number of halogens is 1. The van der Waals surface area contributed by atoms with Crippen LogP contribution < -0.4 is 5.56 Å². The number of benzene rings is 1. The molecule has 0 radical (unpaired) electrons. The predicted molar refractivity (Wildman–Crippen MR) is 76.7 cm³/mol. The van der Waals surface area contributed by atoms with E-state index >= 15 is 0 Å². The number of carbonyl (C=O) groups is 1. The Morgan fingerprint density at radius 3 is 2.75 bits per heavy atom. The smallest absolute Gasteiger partial charge is 0.274 e. The highest BCUT2D eigenvalue weighted by Gasteiger charge is 2.14. The van der Waals surface area contributed by atoms with Gasteiger partial charge in [0.15, 0.2) is 0 Å². The average molecular weight is 292 g/mol. The largest absolute Gasteiger partial charge is 0.336 e. The minimum Gasteiger partial charge on any atom is -0.336 e. The van der Waals surface area contributed by atoms with Gasteiger partial charge in [0.25, 0.3) is 11.5 Å². The zero-order valence-corrected chi connectivity index (χ0v) is 12.0. The van der Waals surface area contributed by atoms with E-state index in [1.807, 2.05) is 12.1 Å². The molecule has 6 heteroatoms. The van der Waals surface area contributed by atoms with E-state index in [9.17, 15) is 9.59 Å². The first kappa shape index (κ1) is 14.3. The molecule has 1 aromatic heterocycles. The summed E-state index contributed by atoms with van der Waals surface area (Å²) in [6, 6.07) is 10.1. The van der Waals surface area contributed by atoms with Gasteiger partial charge in [-0.05, 0) is 23.8 Å². The van der Waals surface area contributed by atoms with E-state index in [1.165, 1.54) is 24.1 Å². The predicted octanol–water partition coefficient (Wildman–Crippen LogP) is 1.71. The summed E-state index contributed by atoms with van der Waals surface area (Å²) in [5.74, 6) is -0.249. The topological polar surface area (TPSA) is 55.2 Å². The summed E-state index contributed by atoms with van der Waals surface area (Å²) < 4.78 is 1.14. The van der Waals surface area contributed by atoms with Crippen LogP contribution in [0.25, 0.3) is 0 Å². The molecule has 0 atom stereocenters. The fourth-order valence-electron chi connectivity index (χ4n) is 1.79. The highest BCUT2D eigenvalue weighted by atomic mass is 35.5. The molecule has 0 aliphatic heterocycles. The van der Waals surface area contributed by atoms with Crippen molar-refractivity contribution in [2.75, 3.05) is 7.05 Å². The van der Waals surface area contributed by atoms with Crippen molar-refractivity contribution in [2.24, 2.45) is 7.05 Å². The van der Waals surface area contributed by atoms with Gasteiger partial charge >= 0.3 is 0 Å². The van der Waals surface area contributed by atoms with Crippen molar-refractivity contribution < 1.29 is 4.79 Å².